The summed E-state index contributed by atoms with van der Waals surface area (Å²) in [6.07, 6.45) is 3.83. The molecule has 1 unspecified atom stereocenters. The van der Waals surface area contributed by atoms with Crippen molar-refractivity contribution in [3.05, 3.63) is 53.2 Å². The molecule has 0 N–H and O–H groups in total. The summed E-state index contributed by atoms with van der Waals surface area (Å²) in [4.78, 5) is 34.0. The topological polar surface area (TPSA) is 66.7 Å². The fraction of sp³-hybridized carbons (Fsp3) is 0.522. The molecule has 6 nitrogen and oxygen atoms in total. The molecule has 6 heteroatoms. The van der Waals surface area contributed by atoms with E-state index < -0.39 is 5.41 Å². The van der Waals surface area contributed by atoms with Crippen LogP contribution in [-0.2, 0) is 11.3 Å². The van der Waals surface area contributed by atoms with Crippen LogP contribution in [0.2, 0.25) is 0 Å². The molecular weight excluding hydrogens is 366 g/mol. The number of nitrogens with zero attached hydrogens (tertiary/aromatic N) is 3. The smallest absolute Gasteiger partial charge is 0.276 e. The van der Waals surface area contributed by atoms with Gasteiger partial charge in [-0.05, 0) is 43.2 Å². The molecule has 29 heavy (non-hydrogen) atoms. The molecule has 2 fully saturated rings. The Labute approximate surface area is 171 Å². The van der Waals surface area contributed by atoms with Crippen LogP contribution < -0.4 is 0 Å². The first-order valence-electron chi connectivity index (χ1n) is 10.5. The third-order valence-electron chi connectivity index (χ3n) is 6.43. The second-order valence-electron chi connectivity index (χ2n) is 8.74. The third kappa shape index (κ3) is 3.68. The van der Waals surface area contributed by atoms with Gasteiger partial charge in [0.15, 0.2) is 12.1 Å². The van der Waals surface area contributed by atoms with Crippen molar-refractivity contribution in [2.75, 3.05) is 19.6 Å². The quantitative estimate of drug-likeness (QED) is 0.791. The van der Waals surface area contributed by atoms with Gasteiger partial charge in [0, 0.05) is 26.2 Å². The van der Waals surface area contributed by atoms with Gasteiger partial charge in [-0.25, -0.2) is 4.98 Å². The van der Waals surface area contributed by atoms with E-state index in [9.17, 15) is 9.59 Å². The molecule has 0 aliphatic carbocycles. The average molecular weight is 396 g/mol. The highest BCUT2D eigenvalue weighted by Gasteiger charge is 2.49. The van der Waals surface area contributed by atoms with Gasteiger partial charge >= 0.3 is 0 Å². The lowest BCUT2D eigenvalue weighted by molar-refractivity contribution is -0.146. The first kappa shape index (κ1) is 19.7. The lowest BCUT2D eigenvalue weighted by atomic mass is 9.78. The molecule has 0 saturated carbocycles. The molecule has 2 amide bonds. The second kappa shape index (κ2) is 7.65. The predicted molar refractivity (Wildman–Crippen MR) is 109 cm³/mol. The molecule has 1 aromatic carbocycles. The van der Waals surface area contributed by atoms with Gasteiger partial charge in [0.2, 0.25) is 5.91 Å². The normalized spacial score (nSPS) is 22.1. The van der Waals surface area contributed by atoms with Crippen molar-refractivity contribution in [1.82, 2.24) is 14.8 Å². The standard InChI is InChI=1S/C23H29N3O3/c1-16(2)19-7-5-18(6-8-19)13-25-11-4-9-23(22(25)28)10-12-26(14-23)21(27)20-17(3)29-15-24-20/h5-8,15-16H,4,9-14H2,1-3H3. The summed E-state index contributed by atoms with van der Waals surface area (Å²) < 4.78 is 5.18. The van der Waals surface area contributed by atoms with Crippen LogP contribution in [0.5, 0.6) is 0 Å². The van der Waals surface area contributed by atoms with Crippen molar-refractivity contribution in [3.63, 3.8) is 0 Å². The van der Waals surface area contributed by atoms with Gasteiger partial charge in [-0.2, -0.15) is 0 Å². The van der Waals surface area contributed by atoms with Gasteiger partial charge in [-0.3, -0.25) is 9.59 Å². The minimum atomic E-state index is -0.455. The van der Waals surface area contributed by atoms with E-state index in [0.717, 1.165) is 31.4 Å². The van der Waals surface area contributed by atoms with Crippen molar-refractivity contribution < 1.29 is 14.0 Å². The summed E-state index contributed by atoms with van der Waals surface area (Å²) in [5.74, 6) is 1.07. The van der Waals surface area contributed by atoms with Crippen LogP contribution in [0.3, 0.4) is 0 Å². The summed E-state index contributed by atoms with van der Waals surface area (Å²) in [5.41, 5.74) is 2.36. The highest BCUT2D eigenvalue weighted by atomic mass is 16.3. The van der Waals surface area contributed by atoms with Gasteiger partial charge in [0.1, 0.15) is 5.76 Å². The minimum Gasteiger partial charge on any atom is -0.448 e. The number of likely N-dealkylation sites (tertiary alicyclic amines) is 2. The number of hydrogen-bond donors (Lipinski definition) is 0. The summed E-state index contributed by atoms with van der Waals surface area (Å²) in [6.45, 7) is 8.58. The Bertz CT molecular complexity index is 902. The Balaban J connectivity index is 1.46. The molecule has 2 aliphatic rings. The van der Waals surface area contributed by atoms with Crippen LogP contribution in [0.25, 0.3) is 0 Å². The molecule has 154 valence electrons. The summed E-state index contributed by atoms with van der Waals surface area (Å²) >= 11 is 0. The molecule has 1 spiro atoms. The molecule has 1 aromatic heterocycles. The highest BCUT2D eigenvalue weighted by Crippen LogP contribution is 2.41. The van der Waals surface area contributed by atoms with Crippen molar-refractivity contribution in [2.45, 2.75) is 52.5 Å². The summed E-state index contributed by atoms with van der Waals surface area (Å²) in [7, 11) is 0. The molecule has 3 heterocycles. The van der Waals surface area contributed by atoms with Crippen molar-refractivity contribution in [1.29, 1.82) is 0 Å². The highest BCUT2D eigenvalue weighted by molar-refractivity contribution is 5.94. The van der Waals surface area contributed by atoms with E-state index in [1.54, 1.807) is 11.8 Å². The van der Waals surface area contributed by atoms with Gasteiger partial charge < -0.3 is 14.2 Å². The molecule has 0 bridgehead atoms. The molecule has 2 aromatic rings. The number of carbonyl (C=O) groups excluding carboxylic acids is 2. The number of amides is 2. The van der Waals surface area contributed by atoms with Crippen LogP contribution >= 0.6 is 0 Å². The Hall–Kier alpha value is -2.63. The number of carbonyl (C=O) groups is 2. The number of benzene rings is 1. The van der Waals surface area contributed by atoms with E-state index in [1.807, 2.05) is 4.90 Å². The number of rotatable bonds is 4. The van der Waals surface area contributed by atoms with Crippen molar-refractivity contribution in [3.8, 4) is 0 Å². The van der Waals surface area contributed by atoms with Gasteiger partial charge in [-0.15, -0.1) is 0 Å². The number of hydrogen-bond acceptors (Lipinski definition) is 4. The second-order valence-corrected chi connectivity index (χ2v) is 8.74. The lowest BCUT2D eigenvalue weighted by Gasteiger charge is -2.39. The van der Waals surface area contributed by atoms with Crippen molar-refractivity contribution in [2.24, 2.45) is 5.41 Å². The lowest BCUT2D eigenvalue weighted by Crippen LogP contribution is -2.50. The molecular formula is C23H29N3O3. The maximum atomic E-state index is 13.4. The fourth-order valence-electron chi connectivity index (χ4n) is 4.62. The Morgan fingerprint density at radius 2 is 1.97 bits per heavy atom. The van der Waals surface area contributed by atoms with E-state index in [2.05, 4.69) is 43.1 Å². The summed E-state index contributed by atoms with van der Waals surface area (Å²) in [5, 5.41) is 0. The monoisotopic (exact) mass is 395 g/mol. The number of piperidine rings is 1. The third-order valence-corrected chi connectivity index (χ3v) is 6.43. The van der Waals surface area contributed by atoms with Crippen LogP contribution in [0, 0.1) is 12.3 Å². The van der Waals surface area contributed by atoms with Gasteiger partial charge in [0.05, 0.1) is 5.41 Å². The maximum absolute atomic E-state index is 13.4. The van der Waals surface area contributed by atoms with Crippen LogP contribution in [0.15, 0.2) is 35.1 Å². The zero-order chi connectivity index (χ0) is 20.6. The summed E-state index contributed by atoms with van der Waals surface area (Å²) in [6, 6.07) is 8.56. The van der Waals surface area contributed by atoms with Crippen LogP contribution in [0.1, 0.15) is 66.4 Å². The molecule has 2 saturated heterocycles. The molecule has 1 atom stereocenters. The number of aryl methyl sites for hydroxylation is 1. The zero-order valence-corrected chi connectivity index (χ0v) is 17.5. The first-order valence-corrected chi connectivity index (χ1v) is 10.5. The zero-order valence-electron chi connectivity index (χ0n) is 17.5. The maximum Gasteiger partial charge on any atom is 0.276 e. The number of aromatic nitrogens is 1. The Morgan fingerprint density at radius 1 is 1.21 bits per heavy atom. The van der Waals surface area contributed by atoms with E-state index in [4.69, 9.17) is 4.42 Å². The first-order chi connectivity index (χ1) is 13.9. The van der Waals surface area contributed by atoms with Gasteiger partial charge in [-0.1, -0.05) is 38.1 Å². The van der Waals surface area contributed by atoms with Crippen LogP contribution in [-0.4, -0.2) is 46.2 Å². The predicted octanol–water partition coefficient (Wildman–Crippen LogP) is 3.76. The van der Waals surface area contributed by atoms with E-state index in [-0.39, 0.29) is 11.8 Å². The SMILES string of the molecule is Cc1ocnc1C(=O)N1CCC2(CCCN(Cc3ccc(C(C)C)cc3)C2=O)C1. The number of oxazole rings is 1. The Morgan fingerprint density at radius 3 is 2.62 bits per heavy atom. The minimum absolute atomic E-state index is 0.137. The van der Waals surface area contributed by atoms with Gasteiger partial charge in [0.25, 0.3) is 5.91 Å². The fourth-order valence-corrected chi connectivity index (χ4v) is 4.62. The average Bonchev–Trinajstić information content (AvgIpc) is 3.33. The van der Waals surface area contributed by atoms with E-state index in [1.165, 1.54) is 12.0 Å². The Kier molecular flexibility index (Phi) is 5.19. The van der Waals surface area contributed by atoms with Crippen molar-refractivity contribution >= 4 is 11.8 Å². The largest absolute Gasteiger partial charge is 0.448 e. The van der Waals surface area contributed by atoms with Crippen LogP contribution in [0.4, 0.5) is 0 Å². The molecule has 2 aliphatic heterocycles. The van der Waals surface area contributed by atoms with E-state index >= 15 is 0 Å². The van der Waals surface area contributed by atoms with E-state index in [0.29, 0.717) is 37.0 Å². The molecule has 4 rings (SSSR count). The molecule has 0 radical (unpaired) electrons.